The zero-order valence-electron chi connectivity index (χ0n) is 15.8. The van der Waals surface area contributed by atoms with Crippen molar-refractivity contribution in [1.29, 1.82) is 0 Å². The molecule has 0 spiro atoms. The SMILES string of the molecule is CS(=O)(=O)Nc1cccc(C2=NN(C(=O)CCC(=O)O)[C@@H](c3ccccc3)C2)c1. The van der Waals surface area contributed by atoms with Gasteiger partial charge in [0.1, 0.15) is 0 Å². The van der Waals surface area contributed by atoms with E-state index in [0.717, 1.165) is 11.8 Å². The number of carboxylic acids is 1. The van der Waals surface area contributed by atoms with Crippen LogP contribution in [0.2, 0.25) is 0 Å². The van der Waals surface area contributed by atoms with Crippen molar-refractivity contribution < 1.29 is 23.1 Å². The predicted molar refractivity (Wildman–Crippen MR) is 109 cm³/mol. The maximum Gasteiger partial charge on any atom is 0.303 e. The number of nitrogens with one attached hydrogen (secondary N) is 1. The van der Waals surface area contributed by atoms with Crippen molar-refractivity contribution in [3.63, 3.8) is 0 Å². The molecule has 0 fully saturated rings. The minimum Gasteiger partial charge on any atom is -0.481 e. The van der Waals surface area contributed by atoms with Crippen LogP contribution in [-0.4, -0.2) is 42.4 Å². The summed E-state index contributed by atoms with van der Waals surface area (Å²) in [5.74, 6) is -1.42. The van der Waals surface area contributed by atoms with Gasteiger partial charge >= 0.3 is 5.97 Å². The molecule has 1 aliphatic heterocycles. The summed E-state index contributed by atoms with van der Waals surface area (Å²) in [7, 11) is -3.42. The Morgan fingerprint density at radius 1 is 1.14 bits per heavy atom. The third kappa shape index (κ3) is 5.41. The van der Waals surface area contributed by atoms with Crippen LogP contribution in [0.1, 0.15) is 36.4 Å². The second-order valence-electron chi connectivity index (χ2n) is 6.76. The van der Waals surface area contributed by atoms with E-state index in [4.69, 9.17) is 5.11 Å². The highest BCUT2D eigenvalue weighted by Crippen LogP contribution is 2.33. The number of hydrazone groups is 1. The monoisotopic (exact) mass is 415 g/mol. The topological polar surface area (TPSA) is 116 Å². The van der Waals surface area contributed by atoms with Gasteiger partial charge in [-0.1, -0.05) is 42.5 Å². The molecule has 0 unspecified atom stereocenters. The minimum absolute atomic E-state index is 0.148. The Labute approximate surface area is 168 Å². The van der Waals surface area contributed by atoms with Crippen LogP contribution in [0.4, 0.5) is 5.69 Å². The van der Waals surface area contributed by atoms with Gasteiger partial charge in [-0.05, 0) is 23.3 Å². The molecule has 1 heterocycles. The lowest BCUT2D eigenvalue weighted by molar-refractivity contribution is -0.141. The molecule has 29 heavy (non-hydrogen) atoms. The summed E-state index contributed by atoms with van der Waals surface area (Å²) in [6, 6.07) is 15.8. The molecule has 0 saturated carbocycles. The van der Waals surface area contributed by atoms with Crippen molar-refractivity contribution in [2.45, 2.75) is 25.3 Å². The molecule has 1 aliphatic rings. The van der Waals surface area contributed by atoms with E-state index in [9.17, 15) is 18.0 Å². The summed E-state index contributed by atoms with van der Waals surface area (Å²) >= 11 is 0. The first kappa shape index (κ1) is 20.5. The minimum atomic E-state index is -3.42. The largest absolute Gasteiger partial charge is 0.481 e. The van der Waals surface area contributed by atoms with E-state index in [1.165, 1.54) is 5.01 Å². The van der Waals surface area contributed by atoms with Crippen molar-refractivity contribution >= 4 is 33.3 Å². The third-order valence-electron chi connectivity index (χ3n) is 4.40. The van der Waals surface area contributed by atoms with Gasteiger partial charge in [-0.3, -0.25) is 14.3 Å². The Kier molecular flexibility index (Phi) is 5.97. The number of aliphatic carboxylic acids is 1. The number of hydrogen-bond acceptors (Lipinski definition) is 5. The van der Waals surface area contributed by atoms with Crippen molar-refractivity contribution in [3.05, 3.63) is 65.7 Å². The number of nitrogens with zero attached hydrogens (tertiary/aromatic N) is 2. The molecule has 2 aromatic rings. The van der Waals surface area contributed by atoms with E-state index in [2.05, 4.69) is 9.82 Å². The van der Waals surface area contributed by atoms with Gasteiger partial charge in [0.15, 0.2) is 0 Å². The van der Waals surface area contributed by atoms with Gasteiger partial charge in [0.05, 0.1) is 24.4 Å². The van der Waals surface area contributed by atoms with Crippen LogP contribution in [0.5, 0.6) is 0 Å². The number of carbonyl (C=O) groups is 2. The molecule has 0 aromatic heterocycles. The van der Waals surface area contributed by atoms with Gasteiger partial charge in [-0.25, -0.2) is 13.4 Å². The summed E-state index contributed by atoms with van der Waals surface area (Å²) in [6.45, 7) is 0. The Morgan fingerprint density at radius 3 is 2.52 bits per heavy atom. The van der Waals surface area contributed by atoms with Gasteiger partial charge in [0.25, 0.3) is 0 Å². The van der Waals surface area contributed by atoms with Crippen molar-refractivity contribution in [3.8, 4) is 0 Å². The van der Waals surface area contributed by atoms with Crippen molar-refractivity contribution in [2.24, 2.45) is 5.10 Å². The van der Waals surface area contributed by atoms with Crippen molar-refractivity contribution in [2.75, 3.05) is 11.0 Å². The highest BCUT2D eigenvalue weighted by molar-refractivity contribution is 7.92. The van der Waals surface area contributed by atoms with E-state index >= 15 is 0 Å². The first-order chi connectivity index (χ1) is 13.7. The van der Waals surface area contributed by atoms with E-state index in [0.29, 0.717) is 23.4 Å². The van der Waals surface area contributed by atoms with E-state index in [-0.39, 0.29) is 24.8 Å². The maximum absolute atomic E-state index is 12.6. The number of rotatable bonds is 7. The zero-order valence-corrected chi connectivity index (χ0v) is 16.6. The Bertz CT molecular complexity index is 1050. The standard InChI is InChI=1S/C20H21N3O5S/c1-29(27,28)22-16-9-5-8-15(12-16)17-13-18(14-6-3-2-4-7-14)23(21-17)19(24)10-11-20(25)26/h2-9,12,18,22H,10-11,13H2,1H3,(H,25,26)/t18-/m1/s1. The number of anilines is 1. The van der Waals surface area contributed by atoms with Gasteiger partial charge in [0.2, 0.25) is 15.9 Å². The maximum atomic E-state index is 12.6. The summed E-state index contributed by atoms with van der Waals surface area (Å²) in [4.78, 5) is 23.5. The molecule has 2 N–H and O–H groups in total. The third-order valence-corrected chi connectivity index (χ3v) is 5.01. The van der Waals surface area contributed by atoms with Gasteiger partial charge in [-0.2, -0.15) is 5.10 Å². The van der Waals surface area contributed by atoms with Crippen LogP contribution in [0, 0.1) is 0 Å². The van der Waals surface area contributed by atoms with E-state index in [1.54, 1.807) is 24.3 Å². The molecular weight excluding hydrogens is 394 g/mol. The number of carbonyl (C=O) groups excluding carboxylic acids is 1. The van der Waals surface area contributed by atoms with Crippen molar-refractivity contribution in [1.82, 2.24) is 5.01 Å². The number of sulfonamides is 1. The van der Waals surface area contributed by atoms with E-state index in [1.807, 2.05) is 30.3 Å². The smallest absolute Gasteiger partial charge is 0.303 e. The zero-order chi connectivity index (χ0) is 21.0. The summed E-state index contributed by atoms with van der Waals surface area (Å²) < 4.78 is 25.4. The first-order valence-electron chi connectivity index (χ1n) is 8.97. The highest BCUT2D eigenvalue weighted by Gasteiger charge is 2.33. The molecule has 8 nitrogen and oxygen atoms in total. The lowest BCUT2D eigenvalue weighted by Crippen LogP contribution is -2.27. The fraction of sp³-hybridized carbons (Fsp3) is 0.250. The molecule has 152 valence electrons. The second-order valence-corrected chi connectivity index (χ2v) is 8.51. The normalized spacial score (nSPS) is 16.4. The predicted octanol–water partition coefficient (Wildman–Crippen LogP) is 2.60. The van der Waals surface area contributed by atoms with Crippen LogP contribution >= 0.6 is 0 Å². The van der Waals surface area contributed by atoms with Gasteiger partial charge in [0, 0.05) is 18.5 Å². The van der Waals surface area contributed by atoms with Crippen LogP contribution < -0.4 is 4.72 Å². The lowest BCUT2D eigenvalue weighted by Gasteiger charge is -2.21. The molecule has 1 atom stereocenters. The summed E-state index contributed by atoms with van der Waals surface area (Å²) in [6.07, 6.45) is 1.09. The summed E-state index contributed by atoms with van der Waals surface area (Å²) in [5, 5.41) is 14.7. The number of amides is 1. The quantitative estimate of drug-likeness (QED) is 0.721. The Hall–Kier alpha value is -3.20. The molecule has 0 radical (unpaired) electrons. The molecule has 0 aliphatic carbocycles. The second kappa shape index (κ2) is 8.44. The molecule has 3 rings (SSSR count). The molecule has 0 bridgehead atoms. The van der Waals surface area contributed by atoms with Crippen LogP contribution in [-0.2, 0) is 19.6 Å². The molecule has 2 aromatic carbocycles. The summed E-state index contributed by atoms with van der Waals surface area (Å²) in [5.41, 5.74) is 2.60. The lowest BCUT2D eigenvalue weighted by atomic mass is 9.98. The molecule has 0 saturated heterocycles. The average Bonchev–Trinajstić information content (AvgIpc) is 3.11. The molecule has 9 heteroatoms. The molecular formula is C20H21N3O5S. The van der Waals surface area contributed by atoms with E-state index < -0.39 is 16.0 Å². The Balaban J connectivity index is 1.91. The number of benzene rings is 2. The highest BCUT2D eigenvalue weighted by atomic mass is 32.2. The fourth-order valence-electron chi connectivity index (χ4n) is 3.15. The first-order valence-corrected chi connectivity index (χ1v) is 10.9. The van der Waals surface area contributed by atoms with Crippen LogP contribution in [0.3, 0.4) is 0 Å². The van der Waals surface area contributed by atoms with Crippen LogP contribution in [0.25, 0.3) is 0 Å². The van der Waals surface area contributed by atoms with Gasteiger partial charge in [-0.15, -0.1) is 0 Å². The fourth-order valence-corrected chi connectivity index (χ4v) is 3.71. The molecule has 1 amide bonds. The average molecular weight is 415 g/mol. The van der Waals surface area contributed by atoms with Gasteiger partial charge < -0.3 is 5.11 Å². The number of hydrogen-bond donors (Lipinski definition) is 2. The van der Waals surface area contributed by atoms with Crippen LogP contribution in [0.15, 0.2) is 59.7 Å². The number of carboxylic acid groups (broad SMARTS) is 1. The Morgan fingerprint density at radius 2 is 1.86 bits per heavy atom.